The number of carbonyl (C=O) groups is 1. The maximum absolute atomic E-state index is 13.1. The van der Waals surface area contributed by atoms with Crippen LogP contribution in [0.2, 0.25) is 5.02 Å². The second kappa shape index (κ2) is 10.9. The standard InChI is InChI=1S/C25H18ClF3N4O5/c1-37-24(34)19(12-31-38-14-15-6-8-17(9-7-15)33(35)36)20-13-32(22-5-3-2-4-18(20)22)23-21(26)10-16(11-30-23)25(27,28)29/h2-13,19H,14H2,1H3. The van der Waals surface area contributed by atoms with Crippen LogP contribution in [-0.4, -0.2) is 33.8 Å². The number of benzene rings is 2. The summed E-state index contributed by atoms with van der Waals surface area (Å²) >= 11 is 6.18. The number of ether oxygens (including phenoxy) is 1. The number of hydrogen-bond donors (Lipinski definition) is 0. The fourth-order valence-electron chi connectivity index (χ4n) is 3.72. The molecule has 0 saturated heterocycles. The number of hydrogen-bond acceptors (Lipinski definition) is 7. The van der Waals surface area contributed by atoms with Crippen molar-refractivity contribution in [2.75, 3.05) is 7.11 Å². The Kier molecular flexibility index (Phi) is 7.62. The second-order valence-electron chi connectivity index (χ2n) is 7.95. The number of methoxy groups -OCH3 is 1. The molecule has 0 bridgehead atoms. The van der Waals surface area contributed by atoms with Crippen LogP contribution in [0.15, 0.2) is 72.1 Å². The minimum absolute atomic E-state index is 0.0186. The van der Waals surface area contributed by atoms with Gasteiger partial charge in [-0.15, -0.1) is 0 Å². The number of rotatable bonds is 8. The van der Waals surface area contributed by atoms with Crippen LogP contribution in [-0.2, 0) is 27.2 Å². The van der Waals surface area contributed by atoms with Gasteiger partial charge in [-0.3, -0.25) is 19.5 Å². The van der Waals surface area contributed by atoms with E-state index in [0.29, 0.717) is 28.2 Å². The summed E-state index contributed by atoms with van der Waals surface area (Å²) < 4.78 is 45.7. The van der Waals surface area contributed by atoms with Gasteiger partial charge in [-0.25, -0.2) is 4.98 Å². The molecule has 0 spiro atoms. The van der Waals surface area contributed by atoms with Crippen molar-refractivity contribution in [1.82, 2.24) is 9.55 Å². The number of nitro benzene ring substituents is 1. The molecular formula is C25H18ClF3N4O5. The third-order valence-electron chi connectivity index (χ3n) is 5.57. The summed E-state index contributed by atoms with van der Waals surface area (Å²) in [4.78, 5) is 32.1. The molecule has 38 heavy (non-hydrogen) atoms. The van der Waals surface area contributed by atoms with Crippen LogP contribution < -0.4 is 0 Å². The molecule has 4 rings (SSSR count). The number of pyridine rings is 1. The molecule has 2 aromatic carbocycles. The van der Waals surface area contributed by atoms with Crippen LogP contribution in [0.3, 0.4) is 0 Å². The summed E-state index contributed by atoms with van der Waals surface area (Å²) in [7, 11) is 1.20. The SMILES string of the molecule is COC(=O)C(C=NOCc1ccc([N+](=O)[O-])cc1)c1cn(-c2ncc(C(F)(F)F)cc2Cl)c2ccccc12. The molecule has 13 heteroatoms. The minimum atomic E-state index is -4.61. The molecule has 196 valence electrons. The number of esters is 1. The molecular weight excluding hydrogens is 529 g/mol. The van der Waals surface area contributed by atoms with Crippen molar-refractivity contribution < 1.29 is 32.5 Å². The molecule has 9 nitrogen and oxygen atoms in total. The Bertz CT molecular complexity index is 1520. The first-order valence-corrected chi connectivity index (χ1v) is 11.3. The number of non-ortho nitro benzene ring substituents is 1. The Morgan fingerprint density at radius 1 is 1.24 bits per heavy atom. The van der Waals surface area contributed by atoms with E-state index in [4.69, 9.17) is 21.2 Å². The molecule has 2 aromatic heterocycles. The fourth-order valence-corrected chi connectivity index (χ4v) is 3.97. The predicted octanol–water partition coefficient (Wildman–Crippen LogP) is 6.07. The van der Waals surface area contributed by atoms with Crippen LogP contribution in [0.1, 0.15) is 22.6 Å². The van der Waals surface area contributed by atoms with Crippen molar-refractivity contribution in [3.05, 3.63) is 98.8 Å². The Morgan fingerprint density at radius 2 is 1.95 bits per heavy atom. The molecule has 2 heterocycles. The number of aromatic nitrogens is 2. The molecule has 0 aliphatic carbocycles. The topological polar surface area (TPSA) is 109 Å². The highest BCUT2D eigenvalue weighted by Gasteiger charge is 2.32. The smallest absolute Gasteiger partial charge is 0.417 e. The first kappa shape index (κ1) is 26.6. The lowest BCUT2D eigenvalue weighted by molar-refractivity contribution is -0.384. The summed E-state index contributed by atoms with van der Waals surface area (Å²) in [5.74, 6) is -1.67. The molecule has 0 amide bonds. The van der Waals surface area contributed by atoms with Gasteiger partial charge in [0.05, 0.1) is 34.4 Å². The highest BCUT2D eigenvalue weighted by molar-refractivity contribution is 6.32. The number of nitro groups is 1. The average Bonchev–Trinajstić information content (AvgIpc) is 3.27. The lowest BCUT2D eigenvalue weighted by Crippen LogP contribution is -2.15. The predicted molar refractivity (Wildman–Crippen MR) is 132 cm³/mol. The van der Waals surface area contributed by atoms with Gasteiger partial charge in [0.25, 0.3) is 5.69 Å². The number of alkyl halides is 3. The van der Waals surface area contributed by atoms with E-state index in [9.17, 15) is 28.1 Å². The Morgan fingerprint density at radius 3 is 2.58 bits per heavy atom. The lowest BCUT2D eigenvalue weighted by atomic mass is 10.00. The Labute approximate surface area is 218 Å². The van der Waals surface area contributed by atoms with Gasteiger partial charge in [0.1, 0.15) is 12.5 Å². The monoisotopic (exact) mass is 546 g/mol. The van der Waals surface area contributed by atoms with Crippen molar-refractivity contribution in [2.24, 2.45) is 5.16 Å². The molecule has 0 fully saturated rings. The third kappa shape index (κ3) is 5.59. The normalized spacial score (nSPS) is 12.6. The summed E-state index contributed by atoms with van der Waals surface area (Å²) in [5, 5.41) is 15.0. The number of oxime groups is 1. The van der Waals surface area contributed by atoms with Crippen molar-refractivity contribution in [3.8, 4) is 5.82 Å². The zero-order valence-corrected chi connectivity index (χ0v) is 20.3. The molecule has 0 aliphatic rings. The number of carbonyl (C=O) groups excluding carboxylic acids is 1. The zero-order chi connectivity index (χ0) is 27.4. The minimum Gasteiger partial charge on any atom is -0.468 e. The van der Waals surface area contributed by atoms with Gasteiger partial charge in [-0.1, -0.05) is 35.0 Å². The number of fused-ring (bicyclic) bond motifs is 1. The maximum atomic E-state index is 13.1. The van der Waals surface area contributed by atoms with Crippen molar-refractivity contribution in [3.63, 3.8) is 0 Å². The van der Waals surface area contributed by atoms with Crippen molar-refractivity contribution >= 4 is 40.4 Å². The van der Waals surface area contributed by atoms with Crippen LogP contribution in [0.5, 0.6) is 0 Å². The summed E-state index contributed by atoms with van der Waals surface area (Å²) in [6, 6.07) is 13.3. The van der Waals surface area contributed by atoms with Crippen LogP contribution in [0.25, 0.3) is 16.7 Å². The first-order chi connectivity index (χ1) is 18.1. The van der Waals surface area contributed by atoms with Gasteiger partial charge in [-0.05, 0) is 35.4 Å². The van der Waals surface area contributed by atoms with Gasteiger partial charge < -0.3 is 9.57 Å². The maximum Gasteiger partial charge on any atom is 0.417 e. The van der Waals surface area contributed by atoms with E-state index < -0.39 is 28.6 Å². The number of para-hydroxylation sites is 1. The molecule has 4 aromatic rings. The molecule has 1 atom stereocenters. The van der Waals surface area contributed by atoms with E-state index in [1.807, 2.05) is 0 Å². The van der Waals surface area contributed by atoms with Gasteiger partial charge in [-0.2, -0.15) is 13.2 Å². The van der Waals surface area contributed by atoms with Crippen LogP contribution in [0.4, 0.5) is 18.9 Å². The number of halogens is 4. The quantitative estimate of drug-likeness (QED) is 0.115. The van der Waals surface area contributed by atoms with Crippen molar-refractivity contribution in [2.45, 2.75) is 18.7 Å². The lowest BCUT2D eigenvalue weighted by Gasteiger charge is -2.11. The molecule has 1 unspecified atom stereocenters. The second-order valence-corrected chi connectivity index (χ2v) is 8.36. The Balaban J connectivity index is 1.66. The van der Waals surface area contributed by atoms with E-state index in [1.54, 1.807) is 24.3 Å². The van der Waals surface area contributed by atoms with Crippen molar-refractivity contribution in [1.29, 1.82) is 0 Å². The highest BCUT2D eigenvalue weighted by Crippen LogP contribution is 2.35. The zero-order valence-electron chi connectivity index (χ0n) is 19.6. The first-order valence-electron chi connectivity index (χ1n) is 10.9. The largest absolute Gasteiger partial charge is 0.468 e. The molecule has 0 N–H and O–H groups in total. The van der Waals surface area contributed by atoms with Gasteiger partial charge in [0.15, 0.2) is 5.82 Å². The van der Waals surface area contributed by atoms with E-state index in [0.717, 1.165) is 6.07 Å². The molecule has 0 aliphatic heterocycles. The number of nitrogens with zero attached hydrogens (tertiary/aromatic N) is 4. The van der Waals surface area contributed by atoms with E-state index in [-0.39, 0.29) is 23.1 Å². The van der Waals surface area contributed by atoms with E-state index in [1.165, 1.54) is 48.4 Å². The summed E-state index contributed by atoms with van der Waals surface area (Å²) in [5.41, 5.74) is 0.510. The van der Waals surface area contributed by atoms with E-state index in [2.05, 4.69) is 10.1 Å². The average molecular weight is 547 g/mol. The van der Waals surface area contributed by atoms with E-state index >= 15 is 0 Å². The molecule has 0 radical (unpaired) electrons. The van der Waals surface area contributed by atoms with Crippen LogP contribution in [0, 0.1) is 10.1 Å². The van der Waals surface area contributed by atoms with Crippen LogP contribution >= 0.6 is 11.6 Å². The Hall–Kier alpha value is -4.45. The molecule has 0 saturated carbocycles. The van der Waals surface area contributed by atoms with Gasteiger partial charge >= 0.3 is 12.1 Å². The van der Waals surface area contributed by atoms with Gasteiger partial charge in [0.2, 0.25) is 0 Å². The highest BCUT2D eigenvalue weighted by atomic mass is 35.5. The summed E-state index contributed by atoms with van der Waals surface area (Å²) in [6.45, 7) is -0.0186. The fraction of sp³-hybridized carbons (Fsp3) is 0.160. The third-order valence-corrected chi connectivity index (χ3v) is 5.85. The van der Waals surface area contributed by atoms with Gasteiger partial charge in [0, 0.05) is 29.9 Å². The summed E-state index contributed by atoms with van der Waals surface area (Å²) in [6.07, 6.45) is -1.18.